The van der Waals surface area contributed by atoms with Crippen LogP contribution in [0.1, 0.15) is 11.1 Å². The van der Waals surface area contributed by atoms with Crippen molar-refractivity contribution >= 4 is 17.0 Å². The molecular formula is C22H18N2. The predicted molar refractivity (Wildman–Crippen MR) is 101 cm³/mol. The summed E-state index contributed by atoms with van der Waals surface area (Å²) in [4.78, 5) is 0. The normalized spacial score (nSPS) is 14.1. The number of rotatable bonds is 3. The van der Waals surface area contributed by atoms with Crippen molar-refractivity contribution in [3.05, 3.63) is 108 Å². The lowest BCUT2D eigenvalue weighted by atomic mass is 9.95. The van der Waals surface area contributed by atoms with Crippen molar-refractivity contribution in [2.45, 2.75) is 0 Å². The molecule has 0 atom stereocenters. The third-order valence-electron chi connectivity index (χ3n) is 4.13. The zero-order chi connectivity index (χ0) is 16.2. The van der Waals surface area contributed by atoms with Crippen molar-refractivity contribution in [3.8, 4) is 0 Å². The fraction of sp³-hybridized carbons (Fsp3) is 0.0455. The quantitative estimate of drug-likeness (QED) is 0.665. The van der Waals surface area contributed by atoms with Crippen LogP contribution in [0.25, 0.3) is 5.57 Å². The molecule has 0 N–H and O–H groups in total. The Labute approximate surface area is 142 Å². The fourth-order valence-corrected chi connectivity index (χ4v) is 2.93. The maximum Gasteiger partial charge on any atom is 0.0984 e. The summed E-state index contributed by atoms with van der Waals surface area (Å²) in [5.41, 5.74) is 5.64. The highest BCUT2D eigenvalue weighted by Crippen LogP contribution is 2.27. The summed E-state index contributed by atoms with van der Waals surface area (Å²) in [6.07, 6.45) is 2.26. The second-order valence-corrected chi connectivity index (χ2v) is 5.72. The number of benzene rings is 3. The first-order valence-corrected chi connectivity index (χ1v) is 8.14. The van der Waals surface area contributed by atoms with Crippen LogP contribution in [0.3, 0.4) is 0 Å². The van der Waals surface area contributed by atoms with Gasteiger partial charge in [-0.1, -0.05) is 84.9 Å². The van der Waals surface area contributed by atoms with E-state index in [0.29, 0.717) is 0 Å². The van der Waals surface area contributed by atoms with E-state index in [2.05, 4.69) is 71.7 Å². The van der Waals surface area contributed by atoms with Crippen LogP contribution in [0.2, 0.25) is 0 Å². The van der Waals surface area contributed by atoms with Crippen LogP contribution in [-0.4, -0.2) is 12.3 Å². The second-order valence-electron chi connectivity index (χ2n) is 5.72. The summed E-state index contributed by atoms with van der Waals surface area (Å²) >= 11 is 0. The summed E-state index contributed by atoms with van der Waals surface area (Å²) in [5, 5.41) is 7.01. The number of hydrogen-bond donors (Lipinski definition) is 0. The zero-order valence-corrected chi connectivity index (χ0v) is 13.3. The average Bonchev–Trinajstić information content (AvgIpc) is 2.69. The largest absolute Gasteiger partial charge is 0.261 e. The number of nitrogens with zero attached hydrogens (tertiary/aromatic N) is 2. The predicted octanol–water partition coefficient (Wildman–Crippen LogP) is 4.99. The molecule has 3 aromatic carbocycles. The van der Waals surface area contributed by atoms with E-state index < -0.39 is 0 Å². The lowest BCUT2D eigenvalue weighted by Crippen LogP contribution is -2.25. The van der Waals surface area contributed by atoms with Crippen molar-refractivity contribution in [1.29, 1.82) is 0 Å². The maximum atomic E-state index is 4.96. The van der Waals surface area contributed by atoms with E-state index >= 15 is 0 Å². The fourth-order valence-electron chi connectivity index (χ4n) is 2.93. The highest BCUT2D eigenvalue weighted by molar-refractivity contribution is 6.32. The molecule has 3 aromatic rings. The third kappa shape index (κ3) is 2.86. The zero-order valence-electron chi connectivity index (χ0n) is 13.3. The molecule has 0 fully saturated rings. The molecule has 0 spiro atoms. The molecule has 1 aliphatic rings. The third-order valence-corrected chi connectivity index (χ3v) is 4.13. The second kappa shape index (κ2) is 6.55. The van der Waals surface area contributed by atoms with Crippen LogP contribution in [0.15, 0.2) is 102 Å². The van der Waals surface area contributed by atoms with Crippen LogP contribution in [0.4, 0.5) is 5.69 Å². The van der Waals surface area contributed by atoms with Crippen LogP contribution in [0.5, 0.6) is 0 Å². The summed E-state index contributed by atoms with van der Waals surface area (Å²) in [6, 6.07) is 31.2. The standard InChI is InChI=1S/C22H18N2/c1-4-10-18(11-5-1)21-16-17-24(20-14-8-3-9-15-20)23-22(21)19-12-6-2-7-13-19/h1-16H,17H2. The van der Waals surface area contributed by atoms with E-state index in [4.69, 9.17) is 5.10 Å². The summed E-state index contributed by atoms with van der Waals surface area (Å²) in [7, 11) is 0. The van der Waals surface area contributed by atoms with Gasteiger partial charge in [0.05, 0.1) is 17.9 Å². The summed E-state index contributed by atoms with van der Waals surface area (Å²) < 4.78 is 0. The molecule has 2 heteroatoms. The van der Waals surface area contributed by atoms with Crippen LogP contribution in [-0.2, 0) is 0 Å². The van der Waals surface area contributed by atoms with Crippen LogP contribution in [0, 0.1) is 0 Å². The monoisotopic (exact) mass is 310 g/mol. The van der Waals surface area contributed by atoms with Crippen LogP contribution < -0.4 is 5.01 Å². The van der Waals surface area contributed by atoms with Gasteiger partial charge >= 0.3 is 0 Å². The Bertz CT molecular complexity index is 866. The molecule has 0 amide bonds. The molecule has 0 aromatic heterocycles. The van der Waals surface area contributed by atoms with Gasteiger partial charge in [0.15, 0.2) is 0 Å². The first-order chi connectivity index (χ1) is 11.9. The Morgan fingerprint density at radius 1 is 0.625 bits per heavy atom. The average molecular weight is 310 g/mol. The van der Waals surface area contributed by atoms with Gasteiger partial charge in [0.2, 0.25) is 0 Å². The topological polar surface area (TPSA) is 15.6 Å². The summed E-state index contributed by atoms with van der Waals surface area (Å²) in [5.74, 6) is 0. The molecule has 0 aliphatic carbocycles. The van der Waals surface area contributed by atoms with Gasteiger partial charge in [-0.2, -0.15) is 5.10 Å². The number of hydrazone groups is 1. The molecule has 0 saturated heterocycles. The van der Waals surface area contributed by atoms with E-state index in [0.717, 1.165) is 23.5 Å². The highest BCUT2D eigenvalue weighted by Gasteiger charge is 2.19. The Kier molecular flexibility index (Phi) is 3.95. The molecule has 1 aliphatic heterocycles. The van der Waals surface area contributed by atoms with Gasteiger partial charge in [-0.3, -0.25) is 5.01 Å². The van der Waals surface area contributed by atoms with Gasteiger partial charge in [-0.15, -0.1) is 0 Å². The van der Waals surface area contributed by atoms with Gasteiger partial charge in [-0.05, 0) is 17.7 Å². The Morgan fingerprint density at radius 3 is 1.79 bits per heavy atom. The van der Waals surface area contributed by atoms with E-state index in [9.17, 15) is 0 Å². The Hall–Kier alpha value is -3.13. The first kappa shape index (κ1) is 14.5. The molecule has 4 rings (SSSR count). The lowest BCUT2D eigenvalue weighted by Gasteiger charge is -2.25. The molecule has 2 nitrogen and oxygen atoms in total. The number of allylic oxidation sites excluding steroid dienone is 1. The molecule has 0 radical (unpaired) electrons. The number of anilines is 1. The Morgan fingerprint density at radius 2 is 1.17 bits per heavy atom. The minimum atomic E-state index is 0.768. The van der Waals surface area contributed by atoms with Crippen molar-refractivity contribution in [3.63, 3.8) is 0 Å². The highest BCUT2D eigenvalue weighted by atomic mass is 15.5. The van der Waals surface area contributed by atoms with Crippen molar-refractivity contribution in [2.24, 2.45) is 5.10 Å². The summed E-state index contributed by atoms with van der Waals surface area (Å²) in [6.45, 7) is 0.768. The maximum absolute atomic E-state index is 4.96. The first-order valence-electron chi connectivity index (χ1n) is 8.14. The Balaban J connectivity index is 1.79. The van der Waals surface area contributed by atoms with Gasteiger partial charge in [-0.25, -0.2) is 0 Å². The molecule has 1 heterocycles. The van der Waals surface area contributed by atoms with E-state index in [1.807, 2.05) is 30.3 Å². The minimum Gasteiger partial charge on any atom is -0.261 e. The number of para-hydroxylation sites is 1. The smallest absolute Gasteiger partial charge is 0.0984 e. The molecular weight excluding hydrogens is 292 g/mol. The lowest BCUT2D eigenvalue weighted by molar-refractivity contribution is 0.933. The van der Waals surface area contributed by atoms with Crippen LogP contribution >= 0.6 is 0 Å². The van der Waals surface area contributed by atoms with E-state index in [1.165, 1.54) is 11.1 Å². The van der Waals surface area contributed by atoms with Gasteiger partial charge in [0.25, 0.3) is 0 Å². The SMILES string of the molecule is C1=C(c2ccccc2)C(c2ccccc2)=NN(c2ccccc2)C1. The van der Waals surface area contributed by atoms with Crippen molar-refractivity contribution < 1.29 is 0 Å². The molecule has 116 valence electrons. The minimum absolute atomic E-state index is 0.768. The number of hydrogen-bond acceptors (Lipinski definition) is 2. The van der Waals surface area contributed by atoms with Crippen molar-refractivity contribution in [1.82, 2.24) is 0 Å². The van der Waals surface area contributed by atoms with Crippen molar-refractivity contribution in [2.75, 3.05) is 11.6 Å². The molecule has 0 unspecified atom stereocenters. The van der Waals surface area contributed by atoms with E-state index in [1.54, 1.807) is 0 Å². The molecule has 24 heavy (non-hydrogen) atoms. The van der Waals surface area contributed by atoms with E-state index in [-0.39, 0.29) is 0 Å². The van der Waals surface area contributed by atoms with Gasteiger partial charge < -0.3 is 0 Å². The molecule has 0 saturated carbocycles. The van der Waals surface area contributed by atoms with Gasteiger partial charge in [0, 0.05) is 11.1 Å². The van der Waals surface area contributed by atoms with Gasteiger partial charge in [0.1, 0.15) is 0 Å². The molecule has 0 bridgehead atoms.